The molecule has 5 nitrogen and oxygen atoms in total. The largest absolute Gasteiger partial charge is 0.376 e. The van der Waals surface area contributed by atoms with Crippen LogP contribution in [0.4, 0.5) is 0 Å². The number of carbonyl (C=O) groups is 2. The van der Waals surface area contributed by atoms with Crippen molar-refractivity contribution in [2.45, 2.75) is 70.8 Å². The number of nitrogens with one attached hydrogen (secondary N) is 2. The molecule has 0 saturated carbocycles. The summed E-state index contributed by atoms with van der Waals surface area (Å²) in [4.78, 5) is 23.1. The Labute approximate surface area is 128 Å². The number of hydrogen-bond acceptors (Lipinski definition) is 3. The zero-order chi connectivity index (χ0) is 15.3. The minimum Gasteiger partial charge on any atom is -0.376 e. The lowest BCUT2D eigenvalue weighted by molar-refractivity contribution is -0.139. The summed E-state index contributed by atoms with van der Waals surface area (Å²) in [6.45, 7) is 3.98. The molecule has 0 aromatic heterocycles. The summed E-state index contributed by atoms with van der Waals surface area (Å²) < 4.78 is 5.39. The van der Waals surface area contributed by atoms with Crippen LogP contribution in [0.1, 0.15) is 64.7 Å². The Morgan fingerprint density at radius 2 is 1.67 bits per heavy atom. The average Bonchev–Trinajstić information content (AvgIpc) is 3.00. The lowest BCUT2D eigenvalue weighted by atomic mass is 10.1. The van der Waals surface area contributed by atoms with Crippen molar-refractivity contribution in [1.82, 2.24) is 10.6 Å². The van der Waals surface area contributed by atoms with Crippen LogP contribution < -0.4 is 10.6 Å². The van der Waals surface area contributed by atoms with Crippen LogP contribution in [0.5, 0.6) is 0 Å². The number of carbonyl (C=O) groups excluding carboxylic acids is 2. The van der Waals surface area contributed by atoms with Gasteiger partial charge in [-0.1, -0.05) is 45.4 Å². The Balaban J connectivity index is 1.93. The maximum Gasteiger partial charge on any atom is 0.309 e. The first-order chi connectivity index (χ1) is 10.2. The van der Waals surface area contributed by atoms with Gasteiger partial charge in [-0.2, -0.15) is 0 Å². The monoisotopic (exact) mass is 298 g/mol. The molecule has 0 radical (unpaired) electrons. The number of amides is 2. The fourth-order valence-electron chi connectivity index (χ4n) is 2.46. The van der Waals surface area contributed by atoms with E-state index in [1.807, 2.05) is 0 Å². The molecule has 0 aromatic rings. The molecular weight excluding hydrogens is 268 g/mol. The third-order valence-electron chi connectivity index (χ3n) is 3.79. The van der Waals surface area contributed by atoms with Gasteiger partial charge in [-0.15, -0.1) is 0 Å². The molecule has 5 heteroatoms. The van der Waals surface area contributed by atoms with Crippen molar-refractivity contribution in [3.05, 3.63) is 0 Å². The van der Waals surface area contributed by atoms with E-state index in [9.17, 15) is 9.59 Å². The lowest BCUT2D eigenvalue weighted by Gasteiger charge is -2.10. The zero-order valence-electron chi connectivity index (χ0n) is 13.3. The van der Waals surface area contributed by atoms with Crippen LogP contribution in [0.15, 0.2) is 0 Å². The highest BCUT2D eigenvalue weighted by molar-refractivity contribution is 6.35. The highest BCUT2D eigenvalue weighted by Gasteiger charge is 2.18. The molecule has 0 aliphatic carbocycles. The molecule has 1 atom stereocenters. The summed E-state index contributed by atoms with van der Waals surface area (Å²) in [5.74, 6) is -1.08. The van der Waals surface area contributed by atoms with Crippen molar-refractivity contribution >= 4 is 11.8 Å². The average molecular weight is 298 g/mol. The van der Waals surface area contributed by atoms with E-state index in [2.05, 4.69) is 17.6 Å². The van der Waals surface area contributed by atoms with Gasteiger partial charge in [0.2, 0.25) is 0 Å². The molecule has 1 rings (SSSR count). The number of rotatable bonds is 10. The lowest BCUT2D eigenvalue weighted by Crippen LogP contribution is -2.42. The van der Waals surface area contributed by atoms with E-state index in [1.54, 1.807) is 0 Å². The predicted molar refractivity (Wildman–Crippen MR) is 83.0 cm³/mol. The molecule has 1 aliphatic heterocycles. The van der Waals surface area contributed by atoms with Gasteiger partial charge in [0.1, 0.15) is 0 Å². The zero-order valence-corrected chi connectivity index (χ0v) is 13.3. The Hall–Kier alpha value is -1.10. The number of ether oxygens (including phenoxy) is 1. The van der Waals surface area contributed by atoms with Gasteiger partial charge < -0.3 is 15.4 Å². The van der Waals surface area contributed by atoms with Gasteiger partial charge >= 0.3 is 11.8 Å². The smallest absolute Gasteiger partial charge is 0.309 e. The maximum atomic E-state index is 11.6. The highest BCUT2D eigenvalue weighted by atomic mass is 16.5. The van der Waals surface area contributed by atoms with Gasteiger partial charge in [-0.3, -0.25) is 9.59 Å². The molecule has 0 aromatic carbocycles. The second-order valence-electron chi connectivity index (χ2n) is 5.72. The van der Waals surface area contributed by atoms with E-state index in [1.165, 1.54) is 32.1 Å². The maximum absolute atomic E-state index is 11.6. The van der Waals surface area contributed by atoms with Crippen LogP contribution in [0.2, 0.25) is 0 Å². The van der Waals surface area contributed by atoms with Crippen molar-refractivity contribution in [1.29, 1.82) is 0 Å². The number of unbranched alkanes of at least 4 members (excludes halogenated alkanes) is 6. The van der Waals surface area contributed by atoms with E-state index in [0.29, 0.717) is 13.1 Å². The van der Waals surface area contributed by atoms with Gasteiger partial charge in [0.25, 0.3) is 0 Å². The van der Waals surface area contributed by atoms with Gasteiger partial charge in [0.05, 0.1) is 6.10 Å². The van der Waals surface area contributed by atoms with Crippen molar-refractivity contribution in [2.24, 2.45) is 0 Å². The third-order valence-corrected chi connectivity index (χ3v) is 3.79. The first kappa shape index (κ1) is 18.0. The Morgan fingerprint density at radius 3 is 2.33 bits per heavy atom. The molecular formula is C16H30N2O3. The molecule has 2 N–H and O–H groups in total. The molecule has 1 fully saturated rings. The van der Waals surface area contributed by atoms with Crippen molar-refractivity contribution in [3.63, 3.8) is 0 Å². The molecule has 1 heterocycles. The van der Waals surface area contributed by atoms with Crippen LogP contribution in [0.3, 0.4) is 0 Å². The first-order valence-electron chi connectivity index (χ1n) is 8.41. The second-order valence-corrected chi connectivity index (χ2v) is 5.72. The van der Waals surface area contributed by atoms with E-state index in [4.69, 9.17) is 4.74 Å². The van der Waals surface area contributed by atoms with Gasteiger partial charge in [-0.05, 0) is 19.3 Å². The summed E-state index contributed by atoms with van der Waals surface area (Å²) >= 11 is 0. The summed E-state index contributed by atoms with van der Waals surface area (Å²) in [5, 5.41) is 5.29. The summed E-state index contributed by atoms with van der Waals surface area (Å²) in [6.07, 6.45) is 10.5. The van der Waals surface area contributed by atoms with Crippen molar-refractivity contribution in [2.75, 3.05) is 19.7 Å². The topological polar surface area (TPSA) is 67.4 Å². The molecule has 0 bridgehead atoms. The summed E-state index contributed by atoms with van der Waals surface area (Å²) in [5.41, 5.74) is 0. The predicted octanol–water partition coefficient (Wildman–Crippen LogP) is 2.15. The van der Waals surface area contributed by atoms with Crippen LogP contribution >= 0.6 is 0 Å². The van der Waals surface area contributed by atoms with Crippen LogP contribution in [0.25, 0.3) is 0 Å². The quantitative estimate of drug-likeness (QED) is 0.480. The van der Waals surface area contributed by atoms with Crippen LogP contribution in [0, 0.1) is 0 Å². The molecule has 0 spiro atoms. The van der Waals surface area contributed by atoms with Crippen molar-refractivity contribution < 1.29 is 14.3 Å². The summed E-state index contributed by atoms with van der Waals surface area (Å²) in [7, 11) is 0. The second kappa shape index (κ2) is 11.5. The fraction of sp³-hybridized carbons (Fsp3) is 0.875. The van der Waals surface area contributed by atoms with Gasteiger partial charge in [0.15, 0.2) is 0 Å². The summed E-state index contributed by atoms with van der Waals surface area (Å²) in [6, 6.07) is 0. The van der Waals surface area contributed by atoms with E-state index < -0.39 is 11.8 Å². The van der Waals surface area contributed by atoms with Gasteiger partial charge in [0, 0.05) is 19.7 Å². The van der Waals surface area contributed by atoms with E-state index in [-0.39, 0.29) is 6.10 Å². The van der Waals surface area contributed by atoms with E-state index >= 15 is 0 Å². The highest BCUT2D eigenvalue weighted by Crippen LogP contribution is 2.10. The Kier molecular flexibility index (Phi) is 9.87. The van der Waals surface area contributed by atoms with Gasteiger partial charge in [-0.25, -0.2) is 0 Å². The fourth-order valence-corrected chi connectivity index (χ4v) is 2.46. The molecule has 0 unspecified atom stereocenters. The first-order valence-corrected chi connectivity index (χ1v) is 8.41. The minimum absolute atomic E-state index is 0.0740. The van der Waals surface area contributed by atoms with Crippen LogP contribution in [-0.4, -0.2) is 37.6 Å². The van der Waals surface area contributed by atoms with Crippen molar-refractivity contribution in [3.8, 4) is 0 Å². The Bertz CT molecular complexity index is 302. The molecule has 2 amide bonds. The third kappa shape index (κ3) is 8.71. The van der Waals surface area contributed by atoms with E-state index in [0.717, 1.165) is 32.3 Å². The molecule has 1 aliphatic rings. The Morgan fingerprint density at radius 1 is 1.00 bits per heavy atom. The molecule has 122 valence electrons. The van der Waals surface area contributed by atoms with Crippen LogP contribution in [-0.2, 0) is 14.3 Å². The minimum atomic E-state index is -0.548. The molecule has 21 heavy (non-hydrogen) atoms. The normalized spacial score (nSPS) is 17.7. The standard InChI is InChI=1S/C16H30N2O3/c1-2-3-4-5-6-7-8-11-17-15(19)16(20)18-13-14-10-9-12-21-14/h14H,2-13H2,1H3,(H,17,19)(H,18,20)/t14-/m0/s1. The SMILES string of the molecule is CCCCCCCCCNC(=O)C(=O)NC[C@@H]1CCCO1. The molecule has 1 saturated heterocycles. The number of hydrogen-bond donors (Lipinski definition) is 2.